The molecule has 0 spiro atoms. The van der Waals surface area contributed by atoms with Gasteiger partial charge in [0.05, 0.1) is 10.9 Å². The lowest BCUT2D eigenvalue weighted by molar-refractivity contribution is -0.123. The summed E-state index contributed by atoms with van der Waals surface area (Å²) in [5.74, 6) is -0.911. The fraction of sp³-hybridized carbons (Fsp3) is 0.353. The highest BCUT2D eigenvalue weighted by Crippen LogP contribution is 2.40. The number of amidine groups is 1. The molecule has 0 unspecified atom stereocenters. The van der Waals surface area contributed by atoms with Crippen molar-refractivity contribution in [3.8, 4) is 0 Å². The summed E-state index contributed by atoms with van der Waals surface area (Å²) in [5.41, 5.74) is 0.486. The number of anilines is 1. The maximum Gasteiger partial charge on any atom is 0.267 e. The number of halogens is 2. The Morgan fingerprint density at radius 2 is 1.92 bits per heavy atom. The minimum absolute atomic E-state index is 0. The Morgan fingerprint density at radius 1 is 1.24 bits per heavy atom. The van der Waals surface area contributed by atoms with Gasteiger partial charge in [-0.2, -0.15) is 0 Å². The summed E-state index contributed by atoms with van der Waals surface area (Å²) < 4.78 is 12.9. The number of nitrogens with zero attached hydrogens (tertiary/aromatic N) is 2. The quantitative estimate of drug-likeness (QED) is 0.814. The number of benzene rings is 1. The number of amides is 2. The van der Waals surface area contributed by atoms with Crippen LogP contribution in [-0.4, -0.2) is 34.0 Å². The molecule has 1 aromatic rings. The first-order valence-electron chi connectivity index (χ1n) is 7.97. The Labute approximate surface area is 155 Å². The Morgan fingerprint density at radius 3 is 2.52 bits per heavy atom. The zero-order chi connectivity index (χ0) is 16.7. The summed E-state index contributed by atoms with van der Waals surface area (Å²) >= 11 is 1.27. The van der Waals surface area contributed by atoms with Crippen molar-refractivity contribution in [2.75, 3.05) is 5.32 Å². The number of nitrogens with one attached hydrogen (secondary N) is 1. The fourth-order valence-electron chi connectivity index (χ4n) is 2.42. The minimum atomic E-state index is -0.402. The first-order chi connectivity index (χ1) is 11.6. The second kappa shape index (κ2) is 7.17. The lowest BCUT2D eigenvalue weighted by Crippen LogP contribution is -2.31. The summed E-state index contributed by atoms with van der Waals surface area (Å²) in [6.45, 7) is 0. The van der Waals surface area contributed by atoms with Crippen molar-refractivity contribution in [2.45, 2.75) is 37.8 Å². The van der Waals surface area contributed by atoms with Crippen molar-refractivity contribution in [1.29, 1.82) is 0 Å². The van der Waals surface area contributed by atoms with E-state index in [9.17, 15) is 14.0 Å². The smallest absolute Gasteiger partial charge is 0.267 e. The minimum Gasteiger partial charge on any atom is -0.322 e. The summed E-state index contributed by atoms with van der Waals surface area (Å²) in [6, 6.07) is 6.06. The first kappa shape index (κ1) is 17.9. The van der Waals surface area contributed by atoms with E-state index in [1.807, 2.05) is 0 Å². The fourth-order valence-corrected chi connectivity index (χ4v) is 3.50. The van der Waals surface area contributed by atoms with Gasteiger partial charge in [0, 0.05) is 17.8 Å². The van der Waals surface area contributed by atoms with Crippen LogP contribution in [-0.2, 0) is 9.59 Å². The van der Waals surface area contributed by atoms with Crippen molar-refractivity contribution < 1.29 is 14.0 Å². The number of carbonyl (C=O) groups is 2. The van der Waals surface area contributed by atoms with Gasteiger partial charge in [-0.3, -0.25) is 19.5 Å². The lowest BCUT2D eigenvalue weighted by atomic mass is 10.3. The molecule has 1 heterocycles. The van der Waals surface area contributed by atoms with Crippen molar-refractivity contribution in [3.63, 3.8) is 0 Å². The molecule has 132 valence electrons. The van der Waals surface area contributed by atoms with E-state index in [-0.39, 0.29) is 30.2 Å². The van der Waals surface area contributed by atoms with Gasteiger partial charge in [-0.1, -0.05) is 0 Å². The molecule has 3 aliphatic rings. The van der Waals surface area contributed by atoms with Gasteiger partial charge in [-0.25, -0.2) is 4.39 Å². The average Bonchev–Trinajstić information content (AvgIpc) is 3.44. The van der Waals surface area contributed by atoms with E-state index in [1.54, 1.807) is 4.90 Å². The third kappa shape index (κ3) is 4.22. The number of thioether (sulfide) groups is 1. The second-order valence-electron chi connectivity index (χ2n) is 6.16. The normalized spacial score (nSPS) is 23.1. The van der Waals surface area contributed by atoms with Gasteiger partial charge in [0.1, 0.15) is 5.82 Å². The molecule has 2 saturated carbocycles. The van der Waals surface area contributed by atoms with Crippen LogP contribution in [0.4, 0.5) is 10.1 Å². The van der Waals surface area contributed by atoms with Crippen LogP contribution in [0.25, 0.3) is 0 Å². The predicted octanol–water partition coefficient (Wildman–Crippen LogP) is 3.33. The van der Waals surface area contributed by atoms with Crippen LogP contribution in [0.3, 0.4) is 0 Å². The van der Waals surface area contributed by atoms with Gasteiger partial charge in [-0.05, 0) is 61.7 Å². The maximum absolute atomic E-state index is 12.9. The van der Waals surface area contributed by atoms with E-state index in [4.69, 9.17) is 0 Å². The van der Waals surface area contributed by atoms with E-state index in [1.165, 1.54) is 42.1 Å². The van der Waals surface area contributed by atoms with Crippen molar-refractivity contribution in [3.05, 3.63) is 41.1 Å². The van der Waals surface area contributed by atoms with Crippen molar-refractivity contribution in [2.24, 2.45) is 4.99 Å². The van der Waals surface area contributed by atoms with Gasteiger partial charge < -0.3 is 5.32 Å². The molecular formula is C17H17ClFN3O2S. The number of hydrogen-bond donors (Lipinski definition) is 1. The Bertz CT molecular complexity index is 758. The molecule has 8 heteroatoms. The Kier molecular flexibility index (Phi) is 5.15. The van der Waals surface area contributed by atoms with Gasteiger partial charge in [0.25, 0.3) is 5.91 Å². The topological polar surface area (TPSA) is 61.8 Å². The van der Waals surface area contributed by atoms with Gasteiger partial charge in [0.2, 0.25) is 5.91 Å². The molecule has 2 aliphatic carbocycles. The molecule has 25 heavy (non-hydrogen) atoms. The summed E-state index contributed by atoms with van der Waals surface area (Å²) in [7, 11) is 0. The summed E-state index contributed by atoms with van der Waals surface area (Å²) in [4.78, 5) is 31.4. The predicted molar refractivity (Wildman–Crippen MR) is 98.3 cm³/mol. The Balaban J connectivity index is 0.00000182. The van der Waals surface area contributed by atoms with E-state index >= 15 is 0 Å². The SMILES string of the molecule is Cl.O=C(/C=C1/SC(=NC2CC2)N(C2CC2)C1=O)Nc1ccc(F)cc1. The summed E-state index contributed by atoms with van der Waals surface area (Å²) in [5, 5.41) is 3.37. The van der Waals surface area contributed by atoms with E-state index < -0.39 is 5.91 Å². The number of carbonyl (C=O) groups excluding carboxylic acids is 2. The van der Waals surface area contributed by atoms with Crippen LogP contribution >= 0.6 is 24.2 Å². The molecule has 1 aliphatic heterocycles. The number of aliphatic imine (C=N–C) groups is 1. The van der Waals surface area contributed by atoms with Crippen LogP contribution < -0.4 is 5.32 Å². The molecule has 1 N–H and O–H groups in total. The molecule has 5 nitrogen and oxygen atoms in total. The molecule has 2 amide bonds. The average molecular weight is 382 g/mol. The van der Waals surface area contributed by atoms with Gasteiger partial charge >= 0.3 is 0 Å². The van der Waals surface area contributed by atoms with Crippen LogP contribution in [0.1, 0.15) is 25.7 Å². The Hall–Kier alpha value is -1.86. The number of rotatable bonds is 4. The molecule has 3 fully saturated rings. The maximum atomic E-state index is 12.9. The molecule has 0 radical (unpaired) electrons. The highest BCUT2D eigenvalue weighted by atomic mass is 35.5. The molecule has 0 atom stereocenters. The zero-order valence-electron chi connectivity index (χ0n) is 13.3. The van der Waals surface area contributed by atoms with Crippen LogP contribution in [0.5, 0.6) is 0 Å². The zero-order valence-corrected chi connectivity index (χ0v) is 14.9. The lowest BCUT2D eigenvalue weighted by Gasteiger charge is -2.13. The molecule has 0 bridgehead atoms. The first-order valence-corrected chi connectivity index (χ1v) is 8.79. The third-order valence-corrected chi connectivity index (χ3v) is 4.96. The largest absolute Gasteiger partial charge is 0.322 e. The monoisotopic (exact) mass is 381 g/mol. The highest BCUT2D eigenvalue weighted by molar-refractivity contribution is 8.18. The highest BCUT2D eigenvalue weighted by Gasteiger charge is 2.43. The third-order valence-electron chi connectivity index (χ3n) is 3.96. The van der Waals surface area contributed by atoms with Gasteiger partial charge in [0.15, 0.2) is 5.17 Å². The molecule has 1 aromatic carbocycles. The molecule has 4 rings (SSSR count). The van der Waals surface area contributed by atoms with E-state index in [2.05, 4.69) is 10.3 Å². The molecular weight excluding hydrogens is 365 g/mol. The van der Waals surface area contributed by atoms with E-state index in [0.29, 0.717) is 16.6 Å². The number of hydrogen-bond acceptors (Lipinski definition) is 4. The van der Waals surface area contributed by atoms with Crippen LogP contribution in [0.15, 0.2) is 40.2 Å². The second-order valence-corrected chi connectivity index (χ2v) is 7.17. The summed E-state index contributed by atoms with van der Waals surface area (Å²) in [6.07, 6.45) is 5.43. The van der Waals surface area contributed by atoms with Gasteiger partial charge in [-0.15, -0.1) is 12.4 Å². The van der Waals surface area contributed by atoms with E-state index in [0.717, 1.165) is 30.9 Å². The van der Waals surface area contributed by atoms with Crippen molar-refractivity contribution >= 4 is 46.8 Å². The molecule has 1 saturated heterocycles. The molecule has 0 aromatic heterocycles. The van der Waals surface area contributed by atoms with Crippen molar-refractivity contribution in [1.82, 2.24) is 4.90 Å². The van der Waals surface area contributed by atoms with Crippen LogP contribution in [0.2, 0.25) is 0 Å². The standard InChI is InChI=1S/C17H16FN3O2S.ClH/c18-10-1-3-11(4-2-10)19-15(22)9-14-16(23)21(13-7-8-13)17(24-14)20-12-5-6-12;/h1-4,9,12-13H,5-8H2,(H,19,22);1H/b14-9+,20-17?;. The van der Waals surface area contributed by atoms with Crippen LogP contribution in [0, 0.1) is 5.82 Å².